The van der Waals surface area contributed by atoms with Crippen LogP contribution in [-0.2, 0) is 0 Å². The Hall–Kier alpha value is -1.18. The van der Waals surface area contributed by atoms with Gasteiger partial charge in [-0.1, -0.05) is 35.2 Å². The molecule has 1 aliphatic carbocycles. The Bertz CT molecular complexity index is 571. The number of aromatic nitrogens is 2. The van der Waals surface area contributed by atoms with Crippen molar-refractivity contribution in [2.75, 3.05) is 11.1 Å². The summed E-state index contributed by atoms with van der Waals surface area (Å²) in [6, 6.07) is 6.46. The predicted molar refractivity (Wildman–Crippen MR) is 78.6 cm³/mol. The highest BCUT2D eigenvalue weighted by molar-refractivity contribution is 8.01. The lowest BCUT2D eigenvalue weighted by Gasteiger charge is -2.08. The van der Waals surface area contributed by atoms with Crippen molar-refractivity contribution < 1.29 is 9.50 Å². The molecule has 1 fully saturated rings. The van der Waals surface area contributed by atoms with Crippen molar-refractivity contribution in [3.63, 3.8) is 0 Å². The molecule has 0 unspecified atom stereocenters. The second-order valence-electron chi connectivity index (χ2n) is 4.67. The van der Waals surface area contributed by atoms with Gasteiger partial charge < -0.3 is 10.4 Å². The van der Waals surface area contributed by atoms with Crippen molar-refractivity contribution in [3.8, 4) is 0 Å². The van der Waals surface area contributed by atoms with Gasteiger partial charge in [0.25, 0.3) is 0 Å². The number of hydrogen-bond donors (Lipinski definition) is 2. The Morgan fingerprint density at radius 2 is 2.10 bits per heavy atom. The summed E-state index contributed by atoms with van der Waals surface area (Å²) in [5.41, 5.74) is 0.708. The van der Waals surface area contributed by atoms with Crippen LogP contribution in [0, 0.1) is 5.82 Å². The minimum absolute atomic E-state index is 0.298. The van der Waals surface area contributed by atoms with Crippen LogP contribution in [0.2, 0.25) is 0 Å². The maximum atomic E-state index is 12.8. The van der Waals surface area contributed by atoms with Crippen molar-refractivity contribution in [1.29, 1.82) is 0 Å². The molecule has 2 N–H and O–H groups in total. The Morgan fingerprint density at radius 1 is 1.35 bits per heavy atom. The van der Waals surface area contributed by atoms with Crippen LogP contribution in [0.3, 0.4) is 0 Å². The van der Waals surface area contributed by atoms with E-state index in [4.69, 9.17) is 0 Å². The van der Waals surface area contributed by atoms with Gasteiger partial charge in [-0.2, -0.15) is 0 Å². The lowest BCUT2D eigenvalue weighted by molar-refractivity contribution is 0.204. The van der Waals surface area contributed by atoms with Gasteiger partial charge in [0.15, 0.2) is 4.34 Å². The fourth-order valence-corrected chi connectivity index (χ4v) is 3.48. The number of thioether (sulfide) groups is 1. The van der Waals surface area contributed by atoms with E-state index in [-0.39, 0.29) is 5.82 Å². The molecule has 3 rings (SSSR count). The normalized spacial score (nSPS) is 16.1. The average molecular weight is 311 g/mol. The van der Waals surface area contributed by atoms with Crippen molar-refractivity contribution in [2.45, 2.75) is 29.3 Å². The summed E-state index contributed by atoms with van der Waals surface area (Å²) in [5, 5.41) is 22.3. The first-order chi connectivity index (χ1) is 9.70. The molecular weight excluding hydrogens is 297 g/mol. The summed E-state index contributed by atoms with van der Waals surface area (Å²) in [6.45, 7) is 0. The molecule has 1 aliphatic rings. The van der Waals surface area contributed by atoms with Crippen LogP contribution in [0.1, 0.15) is 24.5 Å². The molecule has 0 radical (unpaired) electrons. The first-order valence-electron chi connectivity index (χ1n) is 6.37. The Labute approximate surface area is 124 Å². The predicted octanol–water partition coefficient (Wildman–Crippen LogP) is 3.08. The molecule has 106 valence electrons. The van der Waals surface area contributed by atoms with E-state index in [1.807, 2.05) is 0 Å². The third kappa shape index (κ3) is 3.68. The van der Waals surface area contributed by atoms with Crippen LogP contribution in [-0.4, -0.2) is 27.1 Å². The van der Waals surface area contributed by atoms with Gasteiger partial charge in [0.05, 0.1) is 6.10 Å². The molecule has 0 saturated heterocycles. The number of aliphatic hydroxyl groups excluding tert-OH is 1. The fraction of sp³-hybridized carbons (Fsp3) is 0.385. The molecular formula is C13H14FN3OS2. The van der Waals surface area contributed by atoms with Gasteiger partial charge in [0, 0.05) is 11.8 Å². The van der Waals surface area contributed by atoms with E-state index in [2.05, 4.69) is 15.5 Å². The van der Waals surface area contributed by atoms with Crippen LogP contribution in [0.4, 0.5) is 9.52 Å². The van der Waals surface area contributed by atoms with Crippen LogP contribution in [0.15, 0.2) is 28.6 Å². The standard InChI is InChI=1S/C13H14FN3OS2/c14-9-3-1-8(2-4-9)11(18)7-19-13-17-16-12(20-13)15-10-5-6-10/h1-4,10-11,18H,5-7H2,(H,15,16)/t11-/m1/s1. The molecule has 0 amide bonds. The van der Waals surface area contributed by atoms with E-state index in [9.17, 15) is 9.50 Å². The SMILES string of the molecule is O[C@H](CSc1nnc(NC2CC2)s1)c1ccc(F)cc1. The van der Waals surface area contributed by atoms with E-state index in [1.54, 1.807) is 12.1 Å². The monoisotopic (exact) mass is 311 g/mol. The zero-order valence-corrected chi connectivity index (χ0v) is 12.3. The summed E-state index contributed by atoms with van der Waals surface area (Å²) in [4.78, 5) is 0. The molecule has 2 aromatic rings. The Balaban J connectivity index is 1.52. The average Bonchev–Trinajstić information content (AvgIpc) is 3.14. The summed E-state index contributed by atoms with van der Waals surface area (Å²) in [5.74, 6) is 0.178. The van der Waals surface area contributed by atoms with Gasteiger partial charge >= 0.3 is 0 Å². The zero-order valence-electron chi connectivity index (χ0n) is 10.6. The number of halogens is 1. The molecule has 0 aliphatic heterocycles. The number of nitrogens with one attached hydrogen (secondary N) is 1. The summed E-state index contributed by atoms with van der Waals surface area (Å²) < 4.78 is 13.6. The maximum Gasteiger partial charge on any atom is 0.206 e. The summed E-state index contributed by atoms with van der Waals surface area (Å²) in [7, 11) is 0. The Morgan fingerprint density at radius 3 is 2.80 bits per heavy atom. The summed E-state index contributed by atoms with van der Waals surface area (Å²) in [6.07, 6.45) is 1.76. The second kappa shape index (κ2) is 6.07. The van der Waals surface area contributed by atoms with Crippen molar-refractivity contribution in [1.82, 2.24) is 10.2 Å². The van der Waals surface area contributed by atoms with Gasteiger partial charge in [-0.05, 0) is 30.5 Å². The fourth-order valence-electron chi connectivity index (χ4n) is 1.66. The van der Waals surface area contributed by atoms with E-state index >= 15 is 0 Å². The molecule has 0 bridgehead atoms. The van der Waals surface area contributed by atoms with Crippen LogP contribution >= 0.6 is 23.1 Å². The molecule has 4 nitrogen and oxygen atoms in total. The highest BCUT2D eigenvalue weighted by atomic mass is 32.2. The highest BCUT2D eigenvalue weighted by Gasteiger charge is 2.22. The number of benzene rings is 1. The Kier molecular flexibility index (Phi) is 4.18. The lowest BCUT2D eigenvalue weighted by atomic mass is 10.1. The molecule has 20 heavy (non-hydrogen) atoms. The molecule has 1 saturated carbocycles. The minimum atomic E-state index is -0.635. The van der Waals surface area contributed by atoms with Gasteiger partial charge in [-0.3, -0.25) is 0 Å². The molecule has 1 heterocycles. The highest BCUT2D eigenvalue weighted by Crippen LogP contribution is 2.31. The van der Waals surface area contributed by atoms with Crippen LogP contribution in [0.5, 0.6) is 0 Å². The van der Waals surface area contributed by atoms with Gasteiger partial charge in [-0.25, -0.2) is 4.39 Å². The third-order valence-corrected chi connectivity index (χ3v) is 4.99. The first-order valence-corrected chi connectivity index (χ1v) is 8.17. The number of rotatable bonds is 6. The first kappa shape index (κ1) is 13.8. The topological polar surface area (TPSA) is 58.0 Å². The van der Waals surface area contributed by atoms with Gasteiger partial charge in [0.2, 0.25) is 5.13 Å². The number of anilines is 1. The van der Waals surface area contributed by atoms with E-state index < -0.39 is 6.10 Å². The van der Waals surface area contributed by atoms with Gasteiger partial charge in [0.1, 0.15) is 5.82 Å². The number of aliphatic hydroxyl groups is 1. The quantitative estimate of drug-likeness (QED) is 0.803. The lowest BCUT2D eigenvalue weighted by Crippen LogP contribution is -2.00. The third-order valence-electron chi connectivity index (χ3n) is 2.93. The minimum Gasteiger partial charge on any atom is -0.388 e. The second-order valence-corrected chi connectivity index (χ2v) is 6.91. The molecule has 1 aromatic carbocycles. The van der Waals surface area contributed by atoms with E-state index in [0.717, 1.165) is 9.47 Å². The number of nitrogens with zero attached hydrogens (tertiary/aromatic N) is 2. The molecule has 1 atom stereocenters. The van der Waals surface area contributed by atoms with Crippen molar-refractivity contribution in [3.05, 3.63) is 35.6 Å². The van der Waals surface area contributed by atoms with E-state index in [1.165, 1.54) is 48.1 Å². The van der Waals surface area contributed by atoms with Crippen molar-refractivity contribution >= 4 is 28.2 Å². The van der Waals surface area contributed by atoms with Gasteiger partial charge in [-0.15, -0.1) is 10.2 Å². The van der Waals surface area contributed by atoms with E-state index in [0.29, 0.717) is 17.4 Å². The summed E-state index contributed by atoms with van der Waals surface area (Å²) >= 11 is 2.96. The largest absolute Gasteiger partial charge is 0.388 e. The van der Waals surface area contributed by atoms with Crippen LogP contribution in [0.25, 0.3) is 0 Å². The molecule has 0 spiro atoms. The number of hydrogen-bond acceptors (Lipinski definition) is 6. The molecule has 1 aromatic heterocycles. The smallest absolute Gasteiger partial charge is 0.206 e. The van der Waals surface area contributed by atoms with Crippen LogP contribution < -0.4 is 5.32 Å². The van der Waals surface area contributed by atoms with Crippen molar-refractivity contribution in [2.24, 2.45) is 0 Å². The maximum absolute atomic E-state index is 12.8. The zero-order chi connectivity index (χ0) is 13.9. The molecule has 7 heteroatoms.